The number of hydrogen-bond donors (Lipinski definition) is 1. The highest BCUT2D eigenvalue weighted by Gasteiger charge is 2.44. The molecular formula is C46H49N5OS. The number of fused-ring (bicyclic) bond motifs is 7. The lowest BCUT2D eigenvalue weighted by Gasteiger charge is -2.39. The monoisotopic (exact) mass is 719 g/mol. The molecule has 0 spiro atoms. The number of thioether (sulfide) groups is 1. The van der Waals surface area contributed by atoms with E-state index >= 15 is 0 Å². The molecule has 0 unspecified atom stereocenters. The summed E-state index contributed by atoms with van der Waals surface area (Å²) in [6.45, 7) is 20.6. The van der Waals surface area contributed by atoms with E-state index in [1.165, 1.54) is 54.7 Å². The molecule has 0 bridgehead atoms. The van der Waals surface area contributed by atoms with Gasteiger partial charge in [0.25, 0.3) is 0 Å². The van der Waals surface area contributed by atoms with Crippen LogP contribution in [0.3, 0.4) is 0 Å². The highest BCUT2D eigenvalue weighted by atomic mass is 32.2. The predicted molar refractivity (Wildman–Crippen MR) is 227 cm³/mol. The van der Waals surface area contributed by atoms with Crippen molar-refractivity contribution in [1.82, 2.24) is 14.5 Å². The lowest BCUT2D eigenvalue weighted by Crippen LogP contribution is -2.38. The number of hydrogen-bond acceptors (Lipinski definition) is 4. The number of benzene rings is 5. The average molecular weight is 720 g/mol. The van der Waals surface area contributed by atoms with E-state index in [0.717, 1.165) is 54.2 Å². The van der Waals surface area contributed by atoms with Gasteiger partial charge in [-0.05, 0) is 113 Å². The maximum atomic E-state index is 13.4. The summed E-state index contributed by atoms with van der Waals surface area (Å²) in [5, 5.41) is 8.86. The number of aliphatic imine (C=N–C) groups is 1. The van der Waals surface area contributed by atoms with Gasteiger partial charge in [0.2, 0.25) is 5.91 Å². The molecule has 6 nitrogen and oxygen atoms in total. The molecule has 53 heavy (non-hydrogen) atoms. The molecular weight excluding hydrogens is 671 g/mol. The first-order valence-electron chi connectivity index (χ1n) is 19.2. The van der Waals surface area contributed by atoms with Gasteiger partial charge in [-0.25, -0.2) is 4.99 Å². The molecule has 2 aromatic heterocycles. The van der Waals surface area contributed by atoms with Gasteiger partial charge in [-0.3, -0.25) is 4.79 Å². The van der Waals surface area contributed by atoms with Crippen molar-refractivity contribution in [3.05, 3.63) is 119 Å². The van der Waals surface area contributed by atoms with Gasteiger partial charge in [-0.2, -0.15) is 0 Å². The minimum absolute atomic E-state index is 0.0395. The van der Waals surface area contributed by atoms with Crippen molar-refractivity contribution in [2.75, 3.05) is 18.0 Å². The highest BCUT2D eigenvalue weighted by molar-refractivity contribution is 8.15. The van der Waals surface area contributed by atoms with E-state index in [0.29, 0.717) is 5.17 Å². The van der Waals surface area contributed by atoms with E-state index < -0.39 is 4.75 Å². The number of nitrogens with zero attached hydrogens (tertiary/aromatic N) is 4. The maximum Gasteiger partial charge on any atom is 0.228 e. The van der Waals surface area contributed by atoms with Crippen LogP contribution >= 0.6 is 11.8 Å². The molecule has 7 heteroatoms. The Hall–Kier alpha value is -5.01. The van der Waals surface area contributed by atoms with Crippen molar-refractivity contribution in [1.29, 1.82) is 0 Å². The van der Waals surface area contributed by atoms with Gasteiger partial charge < -0.3 is 19.4 Å². The Bertz CT molecular complexity index is 2480. The van der Waals surface area contributed by atoms with Crippen molar-refractivity contribution < 1.29 is 4.79 Å². The molecule has 0 aliphatic carbocycles. The van der Waals surface area contributed by atoms with Gasteiger partial charge in [0.1, 0.15) is 4.75 Å². The highest BCUT2D eigenvalue weighted by Crippen LogP contribution is 2.56. The average Bonchev–Trinajstić information content (AvgIpc) is 3.64. The number of carbonyl (C=O) groups is 1. The van der Waals surface area contributed by atoms with Crippen molar-refractivity contribution >= 4 is 77.8 Å². The van der Waals surface area contributed by atoms with E-state index in [1.54, 1.807) is 11.8 Å². The second-order valence-electron chi connectivity index (χ2n) is 14.7. The van der Waals surface area contributed by atoms with Crippen LogP contribution in [-0.4, -0.2) is 33.3 Å². The van der Waals surface area contributed by atoms with Crippen LogP contribution in [0.1, 0.15) is 69.4 Å². The van der Waals surface area contributed by atoms with Crippen LogP contribution in [0.5, 0.6) is 0 Å². The number of amides is 1. The number of anilines is 1. The zero-order valence-electron chi connectivity index (χ0n) is 32.2. The van der Waals surface area contributed by atoms with Gasteiger partial charge in [0.15, 0.2) is 5.17 Å². The largest absolute Gasteiger partial charge is 0.372 e. The molecule has 1 N–H and O–H groups in total. The minimum Gasteiger partial charge on any atom is -0.372 e. The molecule has 0 saturated heterocycles. The number of aromatic nitrogens is 2. The number of amidine groups is 1. The van der Waals surface area contributed by atoms with Crippen LogP contribution in [0.2, 0.25) is 0 Å². The van der Waals surface area contributed by atoms with Crippen LogP contribution in [0, 0.1) is 19.8 Å². The molecule has 8 rings (SSSR count). The molecule has 0 fully saturated rings. The fourth-order valence-corrected chi connectivity index (χ4v) is 9.84. The van der Waals surface area contributed by atoms with Crippen molar-refractivity contribution in [3.63, 3.8) is 0 Å². The van der Waals surface area contributed by atoms with Crippen LogP contribution in [0.4, 0.5) is 11.4 Å². The molecule has 0 radical (unpaired) electrons. The number of rotatable bonds is 8. The van der Waals surface area contributed by atoms with E-state index in [1.807, 2.05) is 13.8 Å². The summed E-state index contributed by atoms with van der Waals surface area (Å²) in [6, 6.07) is 34.4. The second-order valence-corrected chi connectivity index (χ2v) is 15.9. The Labute approximate surface area is 316 Å². The maximum absolute atomic E-state index is 13.4. The number of aryl methyl sites for hydroxylation is 4. The standard InChI is InChI=1S/C46H49N5OS/c1-9-49(10-2)33-17-18-38-39(27-33)47-45(48-44(52)28(5)6)53-46(38,31-15-21-42-36(25-31)34-23-29(7)13-19-40(34)50(42)11-3)32-16-22-43-37(26-32)35-24-30(8)14-20-41(35)51(43)12-4/h13-28H,9-12H2,1-8H3,(H,47,48,52). The smallest absolute Gasteiger partial charge is 0.228 e. The second kappa shape index (κ2) is 13.4. The summed E-state index contributed by atoms with van der Waals surface area (Å²) >= 11 is 1.65. The summed E-state index contributed by atoms with van der Waals surface area (Å²) in [6.07, 6.45) is 0. The summed E-state index contributed by atoms with van der Waals surface area (Å²) in [7, 11) is 0. The first kappa shape index (κ1) is 35.0. The Morgan fingerprint density at radius 3 is 1.66 bits per heavy atom. The molecule has 1 amide bonds. The first-order valence-corrected chi connectivity index (χ1v) is 20.0. The Morgan fingerprint density at radius 2 is 1.19 bits per heavy atom. The van der Waals surface area contributed by atoms with E-state index in [4.69, 9.17) is 4.99 Å². The lowest BCUT2D eigenvalue weighted by atomic mass is 9.81. The third-order valence-corrected chi connectivity index (χ3v) is 12.6. The summed E-state index contributed by atoms with van der Waals surface area (Å²) in [5.41, 5.74) is 12.9. The zero-order valence-corrected chi connectivity index (χ0v) is 33.0. The van der Waals surface area contributed by atoms with Crippen LogP contribution in [-0.2, 0) is 22.6 Å². The number of carbonyl (C=O) groups excluding carboxylic acids is 1. The molecule has 5 aromatic carbocycles. The van der Waals surface area contributed by atoms with Crippen LogP contribution in [0.25, 0.3) is 43.6 Å². The van der Waals surface area contributed by atoms with E-state index in [-0.39, 0.29) is 11.8 Å². The summed E-state index contributed by atoms with van der Waals surface area (Å²) in [5.74, 6) is -0.224. The fourth-order valence-electron chi connectivity index (χ4n) is 8.48. The third-order valence-electron chi connectivity index (χ3n) is 11.2. The molecule has 1 aliphatic heterocycles. The van der Waals surface area contributed by atoms with E-state index in [9.17, 15) is 4.79 Å². The Balaban J connectivity index is 1.48. The topological polar surface area (TPSA) is 54.6 Å². The molecule has 0 saturated carbocycles. The molecule has 0 atom stereocenters. The molecule has 3 heterocycles. The van der Waals surface area contributed by atoms with Gasteiger partial charge in [-0.1, -0.05) is 67.1 Å². The SMILES string of the molecule is CCN(CC)c1ccc2c(c1)N=C(NC(=O)C(C)C)SC2(c1ccc2c(c1)c1cc(C)ccc1n2CC)c1ccc2c(c1)c1cc(C)ccc1n2CC. The van der Waals surface area contributed by atoms with Gasteiger partial charge in [-0.15, -0.1) is 0 Å². The Morgan fingerprint density at radius 1 is 0.698 bits per heavy atom. The van der Waals surface area contributed by atoms with Gasteiger partial charge in [0, 0.05) is 87.0 Å². The molecule has 270 valence electrons. The lowest BCUT2D eigenvalue weighted by molar-refractivity contribution is -0.122. The fraction of sp³-hybridized carbons (Fsp3) is 0.304. The summed E-state index contributed by atoms with van der Waals surface area (Å²) < 4.78 is 4.11. The summed E-state index contributed by atoms with van der Waals surface area (Å²) in [4.78, 5) is 21.0. The Kier molecular flexibility index (Phi) is 8.89. The minimum atomic E-state index is -0.726. The molecule has 7 aromatic rings. The van der Waals surface area contributed by atoms with Crippen molar-refractivity contribution in [3.8, 4) is 0 Å². The first-order chi connectivity index (χ1) is 25.6. The van der Waals surface area contributed by atoms with Gasteiger partial charge >= 0.3 is 0 Å². The van der Waals surface area contributed by atoms with Crippen molar-refractivity contribution in [2.45, 2.75) is 73.2 Å². The normalized spacial score (nSPS) is 14.0. The predicted octanol–water partition coefficient (Wildman–Crippen LogP) is 11.2. The van der Waals surface area contributed by atoms with Crippen LogP contribution < -0.4 is 10.2 Å². The third kappa shape index (κ3) is 5.54. The van der Waals surface area contributed by atoms with E-state index in [2.05, 4.69) is 152 Å². The quantitative estimate of drug-likeness (QED) is 0.170. The van der Waals surface area contributed by atoms with Crippen molar-refractivity contribution in [2.24, 2.45) is 10.9 Å². The van der Waals surface area contributed by atoms with Gasteiger partial charge in [0.05, 0.1) is 5.69 Å². The zero-order chi connectivity index (χ0) is 37.2. The number of nitrogens with one attached hydrogen (secondary N) is 1. The van der Waals surface area contributed by atoms with Crippen LogP contribution in [0.15, 0.2) is 96.0 Å². The molecule has 1 aliphatic rings.